The average Bonchev–Trinajstić information content (AvgIpc) is 2.68. The molecule has 2 aromatic rings. The molecular weight excluding hydrogens is 316 g/mol. The first-order valence-corrected chi connectivity index (χ1v) is 8.50. The monoisotopic (exact) mass is 340 g/mol. The van der Waals surface area contributed by atoms with Crippen LogP contribution < -0.4 is 14.4 Å². The Labute approximate surface area is 148 Å². The van der Waals surface area contributed by atoms with Gasteiger partial charge in [-0.15, -0.1) is 0 Å². The van der Waals surface area contributed by atoms with Crippen LogP contribution in [0.1, 0.15) is 5.56 Å². The lowest BCUT2D eigenvalue weighted by atomic mass is 10.1. The van der Waals surface area contributed by atoms with Crippen LogP contribution in [0.3, 0.4) is 0 Å². The Bertz CT molecular complexity index is 710. The van der Waals surface area contributed by atoms with E-state index in [2.05, 4.69) is 4.90 Å². The van der Waals surface area contributed by atoms with Crippen molar-refractivity contribution in [2.75, 3.05) is 45.3 Å². The van der Waals surface area contributed by atoms with Crippen LogP contribution in [0.2, 0.25) is 0 Å². The fourth-order valence-corrected chi connectivity index (χ4v) is 3.12. The maximum atomic E-state index is 12.5. The smallest absolute Gasteiger partial charge is 0.227 e. The molecule has 0 radical (unpaired) electrons. The van der Waals surface area contributed by atoms with Crippen LogP contribution in [0.4, 0.5) is 5.69 Å². The number of ether oxygens (including phenoxy) is 2. The van der Waals surface area contributed by atoms with Crippen molar-refractivity contribution < 1.29 is 14.3 Å². The Hall–Kier alpha value is -2.69. The van der Waals surface area contributed by atoms with Gasteiger partial charge in [0.25, 0.3) is 0 Å². The molecule has 25 heavy (non-hydrogen) atoms. The first-order chi connectivity index (χ1) is 12.2. The van der Waals surface area contributed by atoms with Crippen LogP contribution in [0.15, 0.2) is 48.5 Å². The van der Waals surface area contributed by atoms with Crippen LogP contribution in [0.5, 0.6) is 11.5 Å². The Morgan fingerprint density at radius 2 is 1.68 bits per heavy atom. The molecule has 1 saturated heterocycles. The van der Waals surface area contributed by atoms with Gasteiger partial charge in [0.15, 0.2) is 0 Å². The molecule has 1 aliphatic heterocycles. The van der Waals surface area contributed by atoms with E-state index in [1.54, 1.807) is 14.2 Å². The molecule has 0 aliphatic carbocycles. The number of hydrogen-bond donors (Lipinski definition) is 0. The van der Waals surface area contributed by atoms with Crippen molar-refractivity contribution in [2.45, 2.75) is 6.42 Å². The van der Waals surface area contributed by atoms with E-state index >= 15 is 0 Å². The minimum Gasteiger partial charge on any atom is -0.497 e. The number of piperazine rings is 1. The van der Waals surface area contributed by atoms with E-state index in [0.717, 1.165) is 35.8 Å². The van der Waals surface area contributed by atoms with Gasteiger partial charge in [0.05, 0.1) is 26.3 Å². The van der Waals surface area contributed by atoms with Crippen molar-refractivity contribution >= 4 is 11.6 Å². The van der Waals surface area contributed by atoms with Gasteiger partial charge in [-0.3, -0.25) is 4.79 Å². The topological polar surface area (TPSA) is 42.0 Å². The maximum absolute atomic E-state index is 12.5. The summed E-state index contributed by atoms with van der Waals surface area (Å²) in [5, 5.41) is 0. The summed E-state index contributed by atoms with van der Waals surface area (Å²) in [6.07, 6.45) is 0.462. The number of amides is 1. The van der Waals surface area contributed by atoms with Crippen LogP contribution in [-0.4, -0.2) is 51.2 Å². The van der Waals surface area contributed by atoms with Crippen molar-refractivity contribution in [3.63, 3.8) is 0 Å². The van der Waals surface area contributed by atoms with E-state index < -0.39 is 0 Å². The summed E-state index contributed by atoms with van der Waals surface area (Å²) >= 11 is 0. The molecule has 0 saturated carbocycles. The van der Waals surface area contributed by atoms with Crippen molar-refractivity contribution in [2.24, 2.45) is 0 Å². The Kier molecular flexibility index (Phi) is 5.43. The second-order valence-corrected chi connectivity index (χ2v) is 6.07. The Balaban J connectivity index is 1.63. The predicted molar refractivity (Wildman–Crippen MR) is 98.5 cm³/mol. The average molecular weight is 340 g/mol. The van der Waals surface area contributed by atoms with Gasteiger partial charge in [-0.05, 0) is 17.7 Å². The second-order valence-electron chi connectivity index (χ2n) is 6.07. The van der Waals surface area contributed by atoms with E-state index in [-0.39, 0.29) is 5.91 Å². The number of rotatable bonds is 5. The van der Waals surface area contributed by atoms with Crippen molar-refractivity contribution in [3.8, 4) is 11.5 Å². The van der Waals surface area contributed by atoms with Gasteiger partial charge in [0.1, 0.15) is 11.5 Å². The fourth-order valence-electron chi connectivity index (χ4n) is 3.12. The molecule has 1 amide bonds. The van der Waals surface area contributed by atoms with E-state index in [4.69, 9.17) is 9.47 Å². The van der Waals surface area contributed by atoms with Crippen LogP contribution in [0.25, 0.3) is 0 Å². The Morgan fingerprint density at radius 1 is 0.960 bits per heavy atom. The third-order valence-corrected chi connectivity index (χ3v) is 4.56. The number of nitrogens with zero attached hydrogens (tertiary/aromatic N) is 2. The lowest BCUT2D eigenvalue weighted by Crippen LogP contribution is -2.49. The lowest BCUT2D eigenvalue weighted by Gasteiger charge is -2.36. The third kappa shape index (κ3) is 4.05. The maximum Gasteiger partial charge on any atom is 0.227 e. The molecule has 1 aliphatic rings. The second kappa shape index (κ2) is 7.92. The molecule has 0 spiro atoms. The summed E-state index contributed by atoms with van der Waals surface area (Å²) in [4.78, 5) is 16.7. The van der Waals surface area contributed by atoms with E-state index in [9.17, 15) is 4.79 Å². The predicted octanol–water partition coefficient (Wildman–Crippen LogP) is 2.60. The lowest BCUT2D eigenvalue weighted by molar-refractivity contribution is -0.130. The quantitative estimate of drug-likeness (QED) is 0.839. The highest BCUT2D eigenvalue weighted by Gasteiger charge is 2.23. The van der Waals surface area contributed by atoms with E-state index in [1.165, 1.54) is 0 Å². The third-order valence-electron chi connectivity index (χ3n) is 4.56. The molecule has 2 aromatic carbocycles. The molecule has 0 bridgehead atoms. The summed E-state index contributed by atoms with van der Waals surface area (Å²) in [6, 6.07) is 15.7. The molecule has 3 rings (SSSR count). The SMILES string of the molecule is COc1ccc(OC)c(N2CCN(C(=O)Cc3ccccc3)CC2)c1. The van der Waals surface area contributed by atoms with Gasteiger partial charge in [0.2, 0.25) is 5.91 Å². The van der Waals surface area contributed by atoms with E-state index in [1.807, 2.05) is 53.4 Å². The van der Waals surface area contributed by atoms with Gasteiger partial charge in [0, 0.05) is 32.2 Å². The summed E-state index contributed by atoms with van der Waals surface area (Å²) < 4.78 is 10.8. The molecule has 1 heterocycles. The zero-order chi connectivity index (χ0) is 17.6. The molecule has 132 valence electrons. The van der Waals surface area contributed by atoms with Gasteiger partial charge < -0.3 is 19.3 Å². The minimum atomic E-state index is 0.184. The number of methoxy groups -OCH3 is 2. The van der Waals surface area contributed by atoms with Crippen LogP contribution in [0, 0.1) is 0 Å². The molecule has 5 nitrogen and oxygen atoms in total. The molecular formula is C20H24N2O3. The van der Waals surface area contributed by atoms with Gasteiger partial charge in [-0.25, -0.2) is 0 Å². The zero-order valence-electron chi connectivity index (χ0n) is 14.8. The van der Waals surface area contributed by atoms with E-state index in [0.29, 0.717) is 19.5 Å². The van der Waals surface area contributed by atoms with Gasteiger partial charge in [-0.1, -0.05) is 30.3 Å². The highest BCUT2D eigenvalue weighted by molar-refractivity contribution is 5.79. The number of anilines is 1. The van der Waals surface area contributed by atoms with Crippen molar-refractivity contribution in [3.05, 3.63) is 54.1 Å². The fraction of sp³-hybridized carbons (Fsp3) is 0.350. The highest BCUT2D eigenvalue weighted by Crippen LogP contribution is 2.32. The highest BCUT2D eigenvalue weighted by atomic mass is 16.5. The molecule has 5 heteroatoms. The standard InChI is InChI=1S/C20H24N2O3/c1-24-17-8-9-19(25-2)18(15-17)21-10-12-22(13-11-21)20(23)14-16-6-4-3-5-7-16/h3-9,15H,10-14H2,1-2H3. The first kappa shape index (κ1) is 17.1. The molecule has 1 fully saturated rings. The molecule has 0 unspecified atom stereocenters. The molecule has 0 atom stereocenters. The van der Waals surface area contributed by atoms with Gasteiger partial charge >= 0.3 is 0 Å². The zero-order valence-corrected chi connectivity index (χ0v) is 14.8. The summed E-state index contributed by atoms with van der Waals surface area (Å²) in [6.45, 7) is 2.99. The Morgan fingerprint density at radius 3 is 2.32 bits per heavy atom. The summed E-state index contributed by atoms with van der Waals surface area (Å²) in [5.74, 6) is 1.81. The minimum absolute atomic E-state index is 0.184. The number of carbonyl (C=O) groups is 1. The van der Waals surface area contributed by atoms with Crippen molar-refractivity contribution in [1.82, 2.24) is 4.90 Å². The van der Waals surface area contributed by atoms with Crippen LogP contribution >= 0.6 is 0 Å². The largest absolute Gasteiger partial charge is 0.497 e. The molecule has 0 N–H and O–H groups in total. The number of benzene rings is 2. The number of carbonyl (C=O) groups excluding carboxylic acids is 1. The van der Waals surface area contributed by atoms with Gasteiger partial charge in [-0.2, -0.15) is 0 Å². The van der Waals surface area contributed by atoms with Crippen LogP contribution in [-0.2, 0) is 11.2 Å². The number of hydrogen-bond acceptors (Lipinski definition) is 4. The molecule has 0 aromatic heterocycles. The van der Waals surface area contributed by atoms with Crippen molar-refractivity contribution in [1.29, 1.82) is 0 Å². The normalized spacial score (nSPS) is 14.3. The first-order valence-electron chi connectivity index (χ1n) is 8.50. The summed E-state index contributed by atoms with van der Waals surface area (Å²) in [7, 11) is 3.33. The summed E-state index contributed by atoms with van der Waals surface area (Å²) in [5.41, 5.74) is 2.07.